The number of rotatable bonds is 6. The van der Waals surface area contributed by atoms with Gasteiger partial charge < -0.3 is 14.2 Å². The Bertz CT molecular complexity index is 842. The first-order chi connectivity index (χ1) is 13.7. The van der Waals surface area contributed by atoms with Crippen molar-refractivity contribution in [3.63, 3.8) is 0 Å². The summed E-state index contributed by atoms with van der Waals surface area (Å²) in [6.45, 7) is 0. The molecule has 28 heavy (non-hydrogen) atoms. The minimum atomic E-state index is -0.290. The van der Waals surface area contributed by atoms with Crippen LogP contribution in [0.25, 0.3) is 0 Å². The second-order valence-corrected chi connectivity index (χ2v) is 6.90. The summed E-state index contributed by atoms with van der Waals surface area (Å²) in [6.07, 6.45) is 4.92. The van der Waals surface area contributed by atoms with Crippen LogP contribution in [0.15, 0.2) is 48.5 Å². The monoisotopic (exact) mass is 378 g/mol. The third-order valence-corrected chi connectivity index (χ3v) is 4.95. The lowest BCUT2D eigenvalue weighted by atomic mass is 9.95. The van der Waals surface area contributed by atoms with Crippen molar-refractivity contribution in [3.05, 3.63) is 59.7 Å². The molecule has 2 aromatic rings. The SMILES string of the molecule is COC(=O)CC(C#Cc1ccccc1)c1ccc(OC)c(OC2CCCC2)c1. The van der Waals surface area contributed by atoms with Crippen LogP contribution in [-0.2, 0) is 9.53 Å². The van der Waals surface area contributed by atoms with Crippen LogP contribution in [0.2, 0.25) is 0 Å². The van der Waals surface area contributed by atoms with Gasteiger partial charge in [-0.25, -0.2) is 0 Å². The van der Waals surface area contributed by atoms with Crippen molar-refractivity contribution >= 4 is 5.97 Å². The lowest BCUT2D eigenvalue weighted by Crippen LogP contribution is -2.12. The molecule has 146 valence electrons. The molecule has 0 amide bonds. The largest absolute Gasteiger partial charge is 0.493 e. The van der Waals surface area contributed by atoms with Gasteiger partial charge >= 0.3 is 5.97 Å². The molecule has 1 aliphatic rings. The van der Waals surface area contributed by atoms with Gasteiger partial charge in [-0.2, -0.15) is 0 Å². The second kappa shape index (κ2) is 9.85. The summed E-state index contributed by atoms with van der Waals surface area (Å²) in [6, 6.07) is 15.5. The molecule has 1 aliphatic carbocycles. The maximum atomic E-state index is 11.9. The van der Waals surface area contributed by atoms with Crippen LogP contribution in [0, 0.1) is 11.8 Å². The van der Waals surface area contributed by atoms with Crippen molar-refractivity contribution in [2.75, 3.05) is 14.2 Å². The highest BCUT2D eigenvalue weighted by atomic mass is 16.5. The van der Waals surface area contributed by atoms with Gasteiger partial charge in [0, 0.05) is 5.56 Å². The summed E-state index contributed by atoms with van der Waals surface area (Å²) in [5.41, 5.74) is 1.83. The molecule has 4 nitrogen and oxygen atoms in total. The number of benzene rings is 2. The molecule has 0 saturated heterocycles. The van der Waals surface area contributed by atoms with E-state index >= 15 is 0 Å². The molecule has 0 bridgehead atoms. The first kappa shape index (κ1) is 19.8. The van der Waals surface area contributed by atoms with E-state index in [0.29, 0.717) is 11.5 Å². The topological polar surface area (TPSA) is 44.8 Å². The summed E-state index contributed by atoms with van der Waals surface area (Å²) < 4.78 is 16.5. The molecule has 2 aromatic carbocycles. The molecule has 1 unspecified atom stereocenters. The molecule has 1 fully saturated rings. The zero-order valence-corrected chi connectivity index (χ0v) is 16.4. The minimum Gasteiger partial charge on any atom is -0.493 e. The van der Waals surface area contributed by atoms with Gasteiger partial charge in [-0.1, -0.05) is 36.1 Å². The Kier molecular flexibility index (Phi) is 6.97. The predicted octanol–water partition coefficient (Wildman–Crippen LogP) is 4.72. The van der Waals surface area contributed by atoms with Crippen molar-refractivity contribution in [2.45, 2.75) is 44.1 Å². The van der Waals surface area contributed by atoms with Gasteiger partial charge in [0.2, 0.25) is 0 Å². The van der Waals surface area contributed by atoms with Gasteiger partial charge in [0.1, 0.15) is 0 Å². The number of carbonyl (C=O) groups excluding carboxylic acids is 1. The highest BCUT2D eigenvalue weighted by Crippen LogP contribution is 2.35. The first-order valence-electron chi connectivity index (χ1n) is 9.67. The van der Waals surface area contributed by atoms with E-state index in [4.69, 9.17) is 14.2 Å². The van der Waals surface area contributed by atoms with E-state index in [2.05, 4.69) is 11.8 Å². The summed E-state index contributed by atoms with van der Waals surface area (Å²) in [5.74, 6) is 7.22. The van der Waals surface area contributed by atoms with Gasteiger partial charge in [-0.05, 0) is 55.5 Å². The average Bonchev–Trinajstić information content (AvgIpc) is 3.24. The number of ether oxygens (including phenoxy) is 3. The fourth-order valence-electron chi connectivity index (χ4n) is 3.38. The van der Waals surface area contributed by atoms with Crippen molar-refractivity contribution in [1.82, 2.24) is 0 Å². The maximum Gasteiger partial charge on any atom is 0.307 e. The molecule has 0 N–H and O–H groups in total. The van der Waals surface area contributed by atoms with Crippen molar-refractivity contribution in [1.29, 1.82) is 0 Å². The van der Waals surface area contributed by atoms with E-state index in [1.54, 1.807) is 7.11 Å². The highest BCUT2D eigenvalue weighted by molar-refractivity contribution is 5.71. The summed E-state index contributed by atoms with van der Waals surface area (Å²) in [5, 5.41) is 0. The standard InChI is InChI=1S/C24H26O4/c1-26-22-15-14-19(16-23(22)28-21-10-6-7-11-21)20(17-24(25)27-2)13-12-18-8-4-3-5-9-18/h3-5,8-9,14-16,20-21H,6-7,10-11,17H2,1-2H3. The van der Waals surface area contributed by atoms with E-state index in [9.17, 15) is 4.79 Å². The van der Waals surface area contributed by atoms with E-state index in [-0.39, 0.29) is 24.4 Å². The fraction of sp³-hybridized carbons (Fsp3) is 0.375. The average molecular weight is 378 g/mol. The summed E-state index contributed by atoms with van der Waals surface area (Å²) in [7, 11) is 3.03. The lowest BCUT2D eigenvalue weighted by molar-refractivity contribution is -0.140. The number of hydrogen-bond donors (Lipinski definition) is 0. The third-order valence-electron chi connectivity index (χ3n) is 4.95. The molecule has 3 rings (SSSR count). The van der Waals surface area contributed by atoms with Gasteiger partial charge in [-0.3, -0.25) is 4.79 Å². The van der Waals surface area contributed by atoms with Crippen molar-refractivity contribution < 1.29 is 19.0 Å². The Morgan fingerprint density at radius 3 is 2.50 bits per heavy atom. The van der Waals surface area contributed by atoms with Crippen LogP contribution >= 0.6 is 0 Å². The maximum absolute atomic E-state index is 11.9. The fourth-order valence-corrected chi connectivity index (χ4v) is 3.38. The molecular formula is C24H26O4. The van der Waals surface area contributed by atoms with Crippen molar-refractivity contribution in [3.8, 4) is 23.3 Å². The lowest BCUT2D eigenvalue weighted by Gasteiger charge is -2.18. The number of methoxy groups -OCH3 is 2. The normalized spacial score (nSPS) is 14.6. The van der Waals surface area contributed by atoms with Crippen LogP contribution in [0.3, 0.4) is 0 Å². The molecule has 0 spiro atoms. The van der Waals surface area contributed by atoms with Gasteiger partial charge in [-0.15, -0.1) is 0 Å². The first-order valence-corrected chi connectivity index (χ1v) is 9.67. The molecule has 1 atom stereocenters. The van der Waals surface area contributed by atoms with Gasteiger partial charge in [0.25, 0.3) is 0 Å². The Morgan fingerprint density at radius 2 is 1.82 bits per heavy atom. The minimum absolute atomic E-state index is 0.186. The number of esters is 1. The summed E-state index contributed by atoms with van der Waals surface area (Å²) >= 11 is 0. The molecule has 0 heterocycles. The van der Waals surface area contributed by atoms with Crippen LogP contribution in [0.4, 0.5) is 0 Å². The van der Waals surface area contributed by atoms with Gasteiger partial charge in [0.05, 0.1) is 32.7 Å². The van der Waals surface area contributed by atoms with E-state index in [1.165, 1.54) is 20.0 Å². The third kappa shape index (κ3) is 5.29. The molecule has 0 radical (unpaired) electrons. The Morgan fingerprint density at radius 1 is 1.07 bits per heavy atom. The Hall–Kier alpha value is -2.93. The Balaban J connectivity index is 1.89. The van der Waals surface area contributed by atoms with Crippen molar-refractivity contribution in [2.24, 2.45) is 0 Å². The zero-order chi connectivity index (χ0) is 19.8. The second-order valence-electron chi connectivity index (χ2n) is 6.90. The highest BCUT2D eigenvalue weighted by Gasteiger charge is 2.21. The van der Waals surface area contributed by atoms with E-state index in [1.807, 2.05) is 48.5 Å². The molecular weight excluding hydrogens is 352 g/mol. The predicted molar refractivity (Wildman–Crippen MR) is 109 cm³/mol. The van der Waals surface area contributed by atoms with Crippen LogP contribution in [0.5, 0.6) is 11.5 Å². The molecule has 4 heteroatoms. The smallest absolute Gasteiger partial charge is 0.307 e. The van der Waals surface area contributed by atoms with E-state index < -0.39 is 0 Å². The summed E-state index contributed by atoms with van der Waals surface area (Å²) in [4.78, 5) is 11.9. The zero-order valence-electron chi connectivity index (χ0n) is 16.4. The van der Waals surface area contributed by atoms with Gasteiger partial charge in [0.15, 0.2) is 11.5 Å². The molecule has 0 aromatic heterocycles. The van der Waals surface area contributed by atoms with Crippen LogP contribution in [0.1, 0.15) is 49.1 Å². The molecule has 1 saturated carbocycles. The van der Waals surface area contributed by atoms with E-state index in [0.717, 1.165) is 24.0 Å². The quantitative estimate of drug-likeness (QED) is 0.539. The Labute approximate surface area is 166 Å². The van der Waals surface area contributed by atoms with Crippen LogP contribution < -0.4 is 9.47 Å². The number of hydrogen-bond acceptors (Lipinski definition) is 4. The number of carbonyl (C=O) groups is 1. The molecule has 0 aliphatic heterocycles. The van der Waals surface area contributed by atoms with Crippen LogP contribution in [-0.4, -0.2) is 26.3 Å².